The highest BCUT2D eigenvalue weighted by molar-refractivity contribution is 6.33. The van der Waals surface area contributed by atoms with Gasteiger partial charge in [0.05, 0.1) is 48.6 Å². The van der Waals surface area contributed by atoms with E-state index < -0.39 is 0 Å². The van der Waals surface area contributed by atoms with Crippen molar-refractivity contribution in [3.8, 4) is 5.75 Å². The van der Waals surface area contributed by atoms with Crippen molar-refractivity contribution >= 4 is 29.2 Å². The van der Waals surface area contributed by atoms with Gasteiger partial charge >= 0.3 is 5.97 Å². The van der Waals surface area contributed by atoms with Crippen LogP contribution in [0.4, 0.5) is 5.69 Å². The van der Waals surface area contributed by atoms with Crippen LogP contribution in [-0.4, -0.2) is 68.4 Å². The highest BCUT2D eigenvalue weighted by Crippen LogP contribution is 2.29. The number of anilines is 1. The monoisotopic (exact) mass is 427 g/mol. The number of amides is 1. The summed E-state index contributed by atoms with van der Waals surface area (Å²) < 4.78 is 16.3. The molecule has 1 saturated heterocycles. The number of hydrogen-bond acceptors (Lipinski definition) is 7. The Morgan fingerprint density at radius 1 is 1.38 bits per heavy atom. The molecule has 0 radical (unpaired) electrons. The Morgan fingerprint density at radius 3 is 2.83 bits per heavy atom. The van der Waals surface area contributed by atoms with Crippen molar-refractivity contribution in [3.63, 3.8) is 0 Å². The molecule has 9 heteroatoms. The van der Waals surface area contributed by atoms with E-state index in [-0.39, 0.29) is 24.0 Å². The first-order chi connectivity index (χ1) is 13.8. The lowest BCUT2D eigenvalue weighted by Gasteiger charge is -2.36. The summed E-state index contributed by atoms with van der Waals surface area (Å²) in [6.07, 6.45) is 0.145. The van der Waals surface area contributed by atoms with Crippen molar-refractivity contribution in [1.82, 2.24) is 10.2 Å². The average molecular weight is 428 g/mol. The fraction of sp³-hybridized carbons (Fsp3) is 0.600. The van der Waals surface area contributed by atoms with Crippen molar-refractivity contribution in [3.05, 3.63) is 22.7 Å². The molecular weight excluding hydrogens is 398 g/mol. The van der Waals surface area contributed by atoms with Crippen molar-refractivity contribution in [1.29, 1.82) is 0 Å². The summed E-state index contributed by atoms with van der Waals surface area (Å²) in [6, 6.07) is 3.10. The highest BCUT2D eigenvalue weighted by Gasteiger charge is 2.26. The molecule has 0 aromatic heterocycles. The van der Waals surface area contributed by atoms with Crippen LogP contribution in [0.3, 0.4) is 0 Å². The third-order valence-corrected chi connectivity index (χ3v) is 5.02. The summed E-state index contributed by atoms with van der Waals surface area (Å²) in [5.41, 5.74) is 6.49. The number of nitrogens with zero attached hydrogens (tertiary/aromatic N) is 1. The summed E-state index contributed by atoms with van der Waals surface area (Å²) in [4.78, 5) is 26.5. The fourth-order valence-electron chi connectivity index (χ4n) is 3.18. The maximum atomic E-state index is 12.7. The van der Waals surface area contributed by atoms with E-state index in [4.69, 9.17) is 31.5 Å². The number of carbonyl (C=O) groups excluding carboxylic acids is 2. The van der Waals surface area contributed by atoms with Gasteiger partial charge in [0.15, 0.2) is 0 Å². The van der Waals surface area contributed by atoms with Crippen LogP contribution in [-0.2, 0) is 14.3 Å². The number of esters is 1. The van der Waals surface area contributed by atoms with Crippen LogP contribution >= 0.6 is 11.6 Å². The number of morpholine rings is 1. The maximum Gasteiger partial charge on any atom is 0.307 e. The maximum absolute atomic E-state index is 12.7. The molecule has 1 aromatic rings. The van der Waals surface area contributed by atoms with Crippen LogP contribution in [0.25, 0.3) is 0 Å². The molecule has 0 saturated carbocycles. The van der Waals surface area contributed by atoms with Crippen molar-refractivity contribution in [2.24, 2.45) is 0 Å². The van der Waals surface area contributed by atoms with Gasteiger partial charge in [-0.05, 0) is 26.8 Å². The van der Waals surface area contributed by atoms with E-state index in [9.17, 15) is 9.59 Å². The summed E-state index contributed by atoms with van der Waals surface area (Å²) in [5, 5.41) is 3.17. The number of ether oxygens (including phenoxy) is 3. The number of halogens is 1. The first-order valence-corrected chi connectivity index (χ1v) is 10.2. The lowest BCUT2D eigenvalue weighted by molar-refractivity contribution is -0.145. The average Bonchev–Trinajstić information content (AvgIpc) is 2.69. The largest absolute Gasteiger partial charge is 0.493 e. The number of benzene rings is 1. The zero-order valence-corrected chi connectivity index (χ0v) is 18.0. The molecular formula is C20H30ClN3O5. The number of nitrogens with two attached hydrogens (primary N) is 1. The molecule has 1 unspecified atom stereocenters. The van der Waals surface area contributed by atoms with Gasteiger partial charge in [-0.3, -0.25) is 14.5 Å². The number of nitrogens with one attached hydrogen (secondary N) is 1. The van der Waals surface area contributed by atoms with Gasteiger partial charge in [-0.1, -0.05) is 11.6 Å². The Morgan fingerprint density at radius 2 is 2.14 bits per heavy atom. The topological polar surface area (TPSA) is 103 Å². The van der Waals surface area contributed by atoms with Gasteiger partial charge in [-0.2, -0.15) is 0 Å². The number of rotatable bonds is 9. The van der Waals surface area contributed by atoms with Crippen molar-refractivity contribution in [2.75, 3.05) is 45.2 Å². The van der Waals surface area contributed by atoms with Gasteiger partial charge in [0.1, 0.15) is 5.75 Å². The number of nitrogen functional groups attached to an aromatic ring is 1. The molecule has 8 nitrogen and oxygen atoms in total. The van der Waals surface area contributed by atoms with E-state index >= 15 is 0 Å². The second-order valence-corrected chi connectivity index (χ2v) is 7.27. The lowest BCUT2D eigenvalue weighted by Crippen LogP contribution is -2.50. The normalized spacial score (nSPS) is 18.1. The predicted molar refractivity (Wildman–Crippen MR) is 111 cm³/mol. The first kappa shape index (κ1) is 23.3. The summed E-state index contributed by atoms with van der Waals surface area (Å²) in [5.74, 6) is -0.128. The SMILES string of the molecule is CCOC(=O)CC(C)N1CCO[C@H](CNC(=O)c2cc(Cl)c(N)cc2OCC)C1. The number of carbonyl (C=O) groups is 2. The van der Waals surface area contributed by atoms with Gasteiger partial charge in [0.25, 0.3) is 5.91 Å². The highest BCUT2D eigenvalue weighted by atomic mass is 35.5. The van der Waals surface area contributed by atoms with E-state index in [0.29, 0.717) is 61.4 Å². The van der Waals surface area contributed by atoms with Crippen molar-refractivity contribution in [2.45, 2.75) is 39.3 Å². The summed E-state index contributed by atoms with van der Waals surface area (Å²) in [6.45, 7) is 8.59. The summed E-state index contributed by atoms with van der Waals surface area (Å²) >= 11 is 6.07. The molecule has 0 aliphatic carbocycles. The standard InChI is InChI=1S/C20H30ClN3O5/c1-4-27-18-10-17(22)16(21)9-15(18)20(26)23-11-14-12-24(6-7-29-14)13(3)8-19(25)28-5-2/h9-10,13-14H,4-8,11-12,22H2,1-3H3,(H,23,26)/t13?,14-/m1/s1. The second kappa shape index (κ2) is 11.2. The van der Waals surface area contributed by atoms with Gasteiger partial charge < -0.3 is 25.3 Å². The predicted octanol–water partition coefficient (Wildman–Crippen LogP) is 2.09. The number of hydrogen-bond donors (Lipinski definition) is 2. The van der Waals surface area contributed by atoms with Crippen LogP contribution in [0.5, 0.6) is 5.75 Å². The van der Waals surface area contributed by atoms with Gasteiger partial charge in [0, 0.05) is 31.7 Å². The molecule has 1 aliphatic heterocycles. The van der Waals surface area contributed by atoms with Crippen LogP contribution in [0.1, 0.15) is 37.6 Å². The van der Waals surface area contributed by atoms with Gasteiger partial charge in [0.2, 0.25) is 0 Å². The smallest absolute Gasteiger partial charge is 0.307 e. The fourth-order valence-corrected chi connectivity index (χ4v) is 3.34. The molecule has 0 spiro atoms. The molecule has 1 amide bonds. The zero-order chi connectivity index (χ0) is 21.4. The molecule has 1 aliphatic rings. The lowest BCUT2D eigenvalue weighted by atomic mass is 10.1. The summed E-state index contributed by atoms with van der Waals surface area (Å²) in [7, 11) is 0. The van der Waals surface area contributed by atoms with Crippen LogP contribution < -0.4 is 15.8 Å². The van der Waals surface area contributed by atoms with Crippen LogP contribution in [0, 0.1) is 0 Å². The zero-order valence-electron chi connectivity index (χ0n) is 17.2. The Hall–Kier alpha value is -2.03. The molecule has 1 aromatic carbocycles. The molecule has 29 heavy (non-hydrogen) atoms. The minimum absolute atomic E-state index is 0.0385. The van der Waals surface area contributed by atoms with E-state index in [1.807, 2.05) is 13.8 Å². The van der Waals surface area contributed by atoms with E-state index in [1.165, 1.54) is 6.07 Å². The molecule has 3 N–H and O–H groups in total. The Bertz CT molecular complexity index is 716. The van der Waals surface area contributed by atoms with E-state index in [0.717, 1.165) is 6.54 Å². The Balaban J connectivity index is 1.93. The third-order valence-electron chi connectivity index (χ3n) is 4.69. The van der Waals surface area contributed by atoms with Gasteiger partial charge in [-0.15, -0.1) is 0 Å². The molecule has 162 valence electrons. The Kier molecular flexibility index (Phi) is 9.00. The minimum atomic E-state index is -0.310. The molecule has 2 rings (SSSR count). The van der Waals surface area contributed by atoms with Gasteiger partial charge in [-0.25, -0.2) is 0 Å². The first-order valence-electron chi connectivity index (χ1n) is 9.86. The third kappa shape index (κ3) is 6.76. The van der Waals surface area contributed by atoms with Crippen LogP contribution in [0.2, 0.25) is 5.02 Å². The van der Waals surface area contributed by atoms with Crippen LogP contribution in [0.15, 0.2) is 12.1 Å². The molecule has 2 atom stereocenters. The Labute approximate surface area is 176 Å². The molecule has 0 bridgehead atoms. The molecule has 1 heterocycles. The quantitative estimate of drug-likeness (QED) is 0.459. The van der Waals surface area contributed by atoms with E-state index in [2.05, 4.69) is 10.2 Å². The van der Waals surface area contributed by atoms with E-state index in [1.54, 1.807) is 13.0 Å². The molecule has 1 fully saturated rings. The minimum Gasteiger partial charge on any atom is -0.493 e. The van der Waals surface area contributed by atoms with Crippen molar-refractivity contribution < 1.29 is 23.8 Å². The second-order valence-electron chi connectivity index (χ2n) is 6.86.